The van der Waals surface area contributed by atoms with E-state index in [1.807, 2.05) is 18.2 Å². The quantitative estimate of drug-likeness (QED) is 0.412. The molecule has 0 unspecified atom stereocenters. The van der Waals surface area contributed by atoms with Crippen LogP contribution in [0.25, 0.3) is 0 Å². The summed E-state index contributed by atoms with van der Waals surface area (Å²) in [4.78, 5) is 11.2. The van der Waals surface area contributed by atoms with Crippen molar-refractivity contribution in [3.63, 3.8) is 0 Å². The van der Waals surface area contributed by atoms with Crippen molar-refractivity contribution in [2.45, 2.75) is 39.5 Å². The van der Waals surface area contributed by atoms with Crippen LogP contribution in [-0.2, 0) is 4.79 Å². The second-order valence-electron chi connectivity index (χ2n) is 3.83. The van der Waals surface area contributed by atoms with Crippen LogP contribution in [0.15, 0.2) is 24.3 Å². The lowest BCUT2D eigenvalue weighted by Gasteiger charge is -2.10. The highest BCUT2D eigenvalue weighted by Crippen LogP contribution is 2.26. The smallest absolute Gasteiger partial charge is 0.311 e. The zero-order valence-electron chi connectivity index (χ0n) is 10.6. The van der Waals surface area contributed by atoms with Gasteiger partial charge in [0.2, 0.25) is 0 Å². The topological polar surface area (TPSA) is 35.5 Å². The van der Waals surface area contributed by atoms with Gasteiger partial charge in [-0.25, -0.2) is 0 Å². The van der Waals surface area contributed by atoms with E-state index in [0.29, 0.717) is 24.5 Å². The molecule has 0 saturated heterocycles. The average molecular weight is 236 g/mol. The first-order valence-corrected chi connectivity index (χ1v) is 6.20. The van der Waals surface area contributed by atoms with Crippen LogP contribution in [0, 0.1) is 0 Å². The first-order valence-electron chi connectivity index (χ1n) is 6.20. The number of hydrogen-bond acceptors (Lipinski definition) is 3. The van der Waals surface area contributed by atoms with E-state index >= 15 is 0 Å². The molecule has 0 aliphatic carbocycles. The molecule has 0 aliphatic heterocycles. The maximum Gasteiger partial charge on any atom is 0.311 e. The average Bonchev–Trinajstić information content (AvgIpc) is 2.36. The maximum atomic E-state index is 11.2. The molecular weight excluding hydrogens is 216 g/mol. The minimum absolute atomic E-state index is 0.241. The largest absolute Gasteiger partial charge is 0.490 e. The van der Waals surface area contributed by atoms with Gasteiger partial charge in [0, 0.05) is 6.42 Å². The minimum Gasteiger partial charge on any atom is -0.490 e. The number of hydrogen-bond donors (Lipinski definition) is 0. The second kappa shape index (κ2) is 7.71. The molecule has 1 aromatic carbocycles. The molecule has 17 heavy (non-hydrogen) atoms. The van der Waals surface area contributed by atoms with Crippen molar-refractivity contribution in [2.24, 2.45) is 0 Å². The number of benzene rings is 1. The Morgan fingerprint density at radius 2 is 1.82 bits per heavy atom. The molecule has 0 radical (unpaired) electrons. The normalized spacial score (nSPS) is 10.0. The van der Waals surface area contributed by atoms with Gasteiger partial charge in [0.25, 0.3) is 0 Å². The number of esters is 1. The number of para-hydroxylation sites is 2. The van der Waals surface area contributed by atoms with Gasteiger partial charge in [0.15, 0.2) is 11.5 Å². The van der Waals surface area contributed by atoms with E-state index in [2.05, 4.69) is 6.92 Å². The number of ether oxygens (including phenoxy) is 2. The molecule has 0 saturated carbocycles. The predicted octanol–water partition coefficient (Wildman–Crippen LogP) is 3.57. The highest BCUT2D eigenvalue weighted by Gasteiger charge is 2.07. The Hall–Kier alpha value is -1.51. The van der Waals surface area contributed by atoms with E-state index in [4.69, 9.17) is 9.47 Å². The highest BCUT2D eigenvalue weighted by molar-refractivity contribution is 5.72. The third-order valence-electron chi connectivity index (χ3n) is 2.37. The van der Waals surface area contributed by atoms with Crippen LogP contribution >= 0.6 is 0 Å². The van der Waals surface area contributed by atoms with Crippen molar-refractivity contribution in [1.82, 2.24) is 0 Å². The van der Waals surface area contributed by atoms with Crippen molar-refractivity contribution in [3.05, 3.63) is 24.3 Å². The molecule has 1 rings (SSSR count). The van der Waals surface area contributed by atoms with Crippen LogP contribution in [-0.4, -0.2) is 12.6 Å². The Balaban J connectivity index is 2.54. The van der Waals surface area contributed by atoms with Crippen LogP contribution in [0.3, 0.4) is 0 Å². The molecule has 0 fully saturated rings. The number of carbonyl (C=O) groups is 1. The first kappa shape index (κ1) is 13.6. The second-order valence-corrected chi connectivity index (χ2v) is 3.83. The molecule has 0 amide bonds. The molecule has 3 heteroatoms. The van der Waals surface area contributed by atoms with Crippen LogP contribution in [0.1, 0.15) is 39.5 Å². The maximum absolute atomic E-state index is 11.2. The Kier molecular flexibility index (Phi) is 6.15. The summed E-state index contributed by atoms with van der Waals surface area (Å²) < 4.78 is 10.8. The van der Waals surface area contributed by atoms with E-state index in [9.17, 15) is 4.79 Å². The predicted molar refractivity (Wildman–Crippen MR) is 67.4 cm³/mol. The van der Waals surface area contributed by atoms with E-state index in [1.165, 1.54) is 0 Å². The Labute approximate surface area is 103 Å². The van der Waals surface area contributed by atoms with E-state index in [-0.39, 0.29) is 5.97 Å². The monoisotopic (exact) mass is 236 g/mol. The van der Waals surface area contributed by atoms with Crippen molar-refractivity contribution in [1.29, 1.82) is 0 Å². The molecule has 0 spiro atoms. The summed E-state index contributed by atoms with van der Waals surface area (Å²) in [6, 6.07) is 7.28. The fraction of sp³-hybridized carbons (Fsp3) is 0.500. The number of carbonyl (C=O) groups excluding carboxylic acids is 1. The molecule has 0 atom stereocenters. The van der Waals surface area contributed by atoms with Gasteiger partial charge >= 0.3 is 5.97 Å². The molecule has 0 heterocycles. The summed E-state index contributed by atoms with van der Waals surface area (Å²) in [6.07, 6.45) is 3.70. The molecule has 0 N–H and O–H groups in total. The summed E-state index contributed by atoms with van der Waals surface area (Å²) in [6.45, 7) is 4.58. The zero-order valence-corrected chi connectivity index (χ0v) is 10.6. The summed E-state index contributed by atoms with van der Waals surface area (Å²) in [5.74, 6) is 0.913. The van der Waals surface area contributed by atoms with Crippen LogP contribution < -0.4 is 9.47 Å². The van der Waals surface area contributed by atoms with E-state index < -0.39 is 0 Å². The van der Waals surface area contributed by atoms with Crippen molar-refractivity contribution < 1.29 is 14.3 Å². The van der Waals surface area contributed by atoms with Crippen molar-refractivity contribution >= 4 is 5.97 Å². The Bertz CT molecular complexity index is 347. The van der Waals surface area contributed by atoms with Gasteiger partial charge in [-0.2, -0.15) is 0 Å². The number of rotatable bonds is 7. The standard InChI is InChI=1S/C14H20O3/c1-3-5-8-11-16-12-9-6-7-10-13(12)17-14(15)4-2/h6-7,9-10H,3-5,8,11H2,1-2H3. The molecule has 0 bridgehead atoms. The van der Waals surface area contributed by atoms with Crippen LogP contribution in [0.4, 0.5) is 0 Å². The molecule has 3 nitrogen and oxygen atoms in total. The lowest BCUT2D eigenvalue weighted by Crippen LogP contribution is -2.07. The fourth-order valence-electron chi connectivity index (χ4n) is 1.38. The highest BCUT2D eigenvalue weighted by atomic mass is 16.6. The van der Waals surface area contributed by atoms with Gasteiger partial charge in [0.05, 0.1) is 6.61 Å². The minimum atomic E-state index is -0.241. The van der Waals surface area contributed by atoms with E-state index in [0.717, 1.165) is 19.3 Å². The van der Waals surface area contributed by atoms with Gasteiger partial charge in [-0.15, -0.1) is 0 Å². The van der Waals surface area contributed by atoms with Crippen molar-refractivity contribution in [3.8, 4) is 11.5 Å². The molecular formula is C14H20O3. The Morgan fingerprint density at radius 3 is 2.47 bits per heavy atom. The van der Waals surface area contributed by atoms with Gasteiger partial charge in [0.1, 0.15) is 0 Å². The van der Waals surface area contributed by atoms with Gasteiger partial charge < -0.3 is 9.47 Å². The third-order valence-corrected chi connectivity index (χ3v) is 2.37. The molecule has 0 aliphatic rings. The summed E-state index contributed by atoms with van der Waals surface area (Å²) in [7, 11) is 0. The van der Waals surface area contributed by atoms with Gasteiger partial charge in [-0.3, -0.25) is 4.79 Å². The van der Waals surface area contributed by atoms with Crippen LogP contribution in [0.2, 0.25) is 0 Å². The fourth-order valence-corrected chi connectivity index (χ4v) is 1.38. The zero-order chi connectivity index (χ0) is 12.5. The lowest BCUT2D eigenvalue weighted by atomic mass is 10.2. The van der Waals surface area contributed by atoms with Gasteiger partial charge in [-0.05, 0) is 18.6 Å². The molecule has 94 valence electrons. The lowest BCUT2D eigenvalue weighted by molar-refractivity contribution is -0.134. The van der Waals surface area contributed by atoms with Gasteiger partial charge in [-0.1, -0.05) is 38.8 Å². The van der Waals surface area contributed by atoms with Crippen LogP contribution in [0.5, 0.6) is 11.5 Å². The summed E-state index contributed by atoms with van der Waals surface area (Å²) in [5, 5.41) is 0. The molecule has 0 aromatic heterocycles. The summed E-state index contributed by atoms with van der Waals surface area (Å²) in [5.41, 5.74) is 0. The third kappa shape index (κ3) is 4.89. The van der Waals surface area contributed by atoms with Crippen molar-refractivity contribution in [2.75, 3.05) is 6.61 Å². The van der Waals surface area contributed by atoms with E-state index in [1.54, 1.807) is 13.0 Å². The number of unbranched alkanes of at least 4 members (excludes halogenated alkanes) is 2. The summed E-state index contributed by atoms with van der Waals surface area (Å²) >= 11 is 0. The first-order chi connectivity index (χ1) is 8.27. The Morgan fingerprint density at radius 1 is 1.12 bits per heavy atom. The molecule has 1 aromatic rings. The SMILES string of the molecule is CCCCCOc1ccccc1OC(=O)CC.